The molecule has 25 heavy (non-hydrogen) atoms. The summed E-state index contributed by atoms with van der Waals surface area (Å²) >= 11 is 0. The number of nitrogen functional groups attached to an aromatic ring is 1. The highest BCUT2D eigenvalue weighted by atomic mass is 15.1. The first-order valence-corrected chi connectivity index (χ1v) is 8.22. The minimum Gasteiger partial charge on any atom is -0.393 e. The molecule has 0 spiro atoms. The highest BCUT2D eigenvalue weighted by Gasteiger charge is 2.09. The molecule has 0 amide bonds. The van der Waals surface area contributed by atoms with E-state index in [0.29, 0.717) is 17.3 Å². The van der Waals surface area contributed by atoms with E-state index in [2.05, 4.69) is 84.7 Å². The molecule has 0 unspecified atom stereocenters. The lowest BCUT2D eigenvalue weighted by Gasteiger charge is -2.14. The van der Waals surface area contributed by atoms with Crippen LogP contribution in [0.1, 0.15) is 22.3 Å². The van der Waals surface area contributed by atoms with Gasteiger partial charge < -0.3 is 16.4 Å². The van der Waals surface area contributed by atoms with Gasteiger partial charge in [0, 0.05) is 11.4 Å². The molecule has 0 saturated heterocycles. The number of hydrogen-bond acceptors (Lipinski definition) is 5. The molecule has 0 fully saturated rings. The average molecular weight is 333 g/mol. The summed E-state index contributed by atoms with van der Waals surface area (Å²) in [5.41, 5.74) is 13.4. The Bertz CT molecular complexity index is 806. The van der Waals surface area contributed by atoms with Crippen molar-refractivity contribution in [2.45, 2.75) is 27.7 Å². The Kier molecular flexibility index (Phi) is 4.57. The SMILES string of the molecule is Cc1cc(C)cc(Nc2ncnc(Nc3cc(C)cc(C)c3)c2N)c1. The highest BCUT2D eigenvalue weighted by Crippen LogP contribution is 2.29. The first-order chi connectivity index (χ1) is 11.9. The Morgan fingerprint density at radius 3 is 1.36 bits per heavy atom. The molecule has 0 saturated carbocycles. The first-order valence-electron chi connectivity index (χ1n) is 8.22. The molecule has 1 aromatic heterocycles. The lowest BCUT2D eigenvalue weighted by atomic mass is 10.1. The van der Waals surface area contributed by atoms with E-state index in [1.54, 1.807) is 0 Å². The molecule has 3 aromatic rings. The van der Waals surface area contributed by atoms with Crippen molar-refractivity contribution >= 4 is 28.7 Å². The molecule has 0 aliphatic rings. The fourth-order valence-electron chi connectivity index (χ4n) is 2.96. The van der Waals surface area contributed by atoms with E-state index in [-0.39, 0.29) is 0 Å². The Hall–Kier alpha value is -3.08. The quantitative estimate of drug-likeness (QED) is 0.640. The van der Waals surface area contributed by atoms with E-state index in [4.69, 9.17) is 5.73 Å². The number of benzene rings is 2. The first kappa shape index (κ1) is 16.8. The predicted octanol–water partition coefficient (Wildman–Crippen LogP) is 4.78. The van der Waals surface area contributed by atoms with Crippen LogP contribution in [0.4, 0.5) is 28.7 Å². The fraction of sp³-hybridized carbons (Fsp3) is 0.200. The molecule has 0 atom stereocenters. The van der Waals surface area contributed by atoms with Crippen LogP contribution in [0.2, 0.25) is 0 Å². The minimum absolute atomic E-state index is 0.487. The molecule has 5 heteroatoms. The third kappa shape index (κ3) is 4.07. The largest absolute Gasteiger partial charge is 0.393 e. The maximum Gasteiger partial charge on any atom is 0.159 e. The van der Waals surface area contributed by atoms with E-state index in [9.17, 15) is 0 Å². The van der Waals surface area contributed by atoms with Crippen molar-refractivity contribution in [2.24, 2.45) is 0 Å². The minimum atomic E-state index is 0.487. The maximum atomic E-state index is 6.28. The van der Waals surface area contributed by atoms with Gasteiger partial charge in [-0.05, 0) is 74.2 Å². The molecule has 128 valence electrons. The van der Waals surface area contributed by atoms with Gasteiger partial charge in [0.25, 0.3) is 0 Å². The van der Waals surface area contributed by atoms with Gasteiger partial charge in [-0.2, -0.15) is 0 Å². The molecule has 0 radical (unpaired) electrons. The van der Waals surface area contributed by atoms with Crippen molar-refractivity contribution in [2.75, 3.05) is 16.4 Å². The van der Waals surface area contributed by atoms with Gasteiger partial charge in [-0.15, -0.1) is 0 Å². The number of hydrogen-bond donors (Lipinski definition) is 3. The molecule has 1 heterocycles. The van der Waals surface area contributed by atoms with Crippen LogP contribution in [0.3, 0.4) is 0 Å². The van der Waals surface area contributed by atoms with Crippen LogP contribution in [-0.4, -0.2) is 9.97 Å². The standard InChI is InChI=1S/C20H23N5/c1-12-5-13(2)8-16(7-12)24-19-18(21)20(23-11-22-19)25-17-9-14(3)6-15(4)10-17/h5-11H,21H2,1-4H3,(H2,22,23,24,25). The number of nitrogens with zero attached hydrogens (tertiary/aromatic N) is 2. The summed E-state index contributed by atoms with van der Waals surface area (Å²) in [6.07, 6.45) is 1.51. The summed E-state index contributed by atoms with van der Waals surface area (Å²) in [4.78, 5) is 8.57. The van der Waals surface area contributed by atoms with Crippen molar-refractivity contribution in [3.63, 3.8) is 0 Å². The van der Waals surface area contributed by atoms with Crippen molar-refractivity contribution in [1.29, 1.82) is 0 Å². The summed E-state index contributed by atoms with van der Waals surface area (Å²) < 4.78 is 0. The number of aryl methyl sites for hydroxylation is 4. The zero-order valence-electron chi connectivity index (χ0n) is 15.0. The molecular formula is C20H23N5. The number of rotatable bonds is 4. The highest BCUT2D eigenvalue weighted by molar-refractivity contribution is 5.80. The molecule has 5 nitrogen and oxygen atoms in total. The van der Waals surface area contributed by atoms with Crippen molar-refractivity contribution in [1.82, 2.24) is 9.97 Å². The number of anilines is 5. The van der Waals surface area contributed by atoms with Crippen LogP contribution in [0.25, 0.3) is 0 Å². The summed E-state index contributed by atoms with van der Waals surface area (Å²) in [6.45, 7) is 8.26. The van der Waals surface area contributed by atoms with E-state index in [1.165, 1.54) is 28.6 Å². The summed E-state index contributed by atoms with van der Waals surface area (Å²) in [6, 6.07) is 12.5. The number of nitrogens with two attached hydrogens (primary N) is 1. The van der Waals surface area contributed by atoms with Crippen LogP contribution in [0, 0.1) is 27.7 Å². The third-order valence-electron chi connectivity index (χ3n) is 3.85. The number of aromatic nitrogens is 2. The zero-order chi connectivity index (χ0) is 18.0. The Morgan fingerprint density at radius 2 is 1.00 bits per heavy atom. The molecule has 0 bridgehead atoms. The summed E-state index contributed by atoms with van der Waals surface area (Å²) in [5, 5.41) is 6.57. The van der Waals surface area contributed by atoms with Crippen LogP contribution in [-0.2, 0) is 0 Å². The van der Waals surface area contributed by atoms with E-state index in [0.717, 1.165) is 11.4 Å². The van der Waals surface area contributed by atoms with Crippen LogP contribution >= 0.6 is 0 Å². The lowest BCUT2D eigenvalue weighted by Crippen LogP contribution is -2.05. The second-order valence-corrected chi connectivity index (χ2v) is 6.49. The molecule has 0 aliphatic carbocycles. The van der Waals surface area contributed by atoms with Crippen LogP contribution in [0.15, 0.2) is 42.7 Å². The van der Waals surface area contributed by atoms with Gasteiger partial charge in [0.05, 0.1) is 0 Å². The molecule has 2 aromatic carbocycles. The Balaban J connectivity index is 1.89. The Labute approximate surface area is 148 Å². The fourth-order valence-corrected chi connectivity index (χ4v) is 2.96. The second-order valence-electron chi connectivity index (χ2n) is 6.49. The van der Waals surface area contributed by atoms with Gasteiger partial charge in [-0.3, -0.25) is 0 Å². The van der Waals surface area contributed by atoms with Crippen molar-refractivity contribution in [3.05, 3.63) is 65.0 Å². The molecule has 3 rings (SSSR count). The summed E-state index contributed by atoms with van der Waals surface area (Å²) in [5.74, 6) is 1.18. The van der Waals surface area contributed by atoms with E-state index < -0.39 is 0 Å². The van der Waals surface area contributed by atoms with Crippen LogP contribution in [0.5, 0.6) is 0 Å². The van der Waals surface area contributed by atoms with Gasteiger partial charge in [0.2, 0.25) is 0 Å². The van der Waals surface area contributed by atoms with Crippen molar-refractivity contribution in [3.8, 4) is 0 Å². The third-order valence-corrected chi connectivity index (χ3v) is 3.85. The van der Waals surface area contributed by atoms with Gasteiger partial charge in [0.15, 0.2) is 11.6 Å². The zero-order valence-corrected chi connectivity index (χ0v) is 15.0. The summed E-state index contributed by atoms with van der Waals surface area (Å²) in [7, 11) is 0. The smallest absolute Gasteiger partial charge is 0.159 e. The van der Waals surface area contributed by atoms with Gasteiger partial charge in [-0.25, -0.2) is 9.97 Å². The normalized spacial score (nSPS) is 10.6. The van der Waals surface area contributed by atoms with Crippen molar-refractivity contribution < 1.29 is 0 Å². The topological polar surface area (TPSA) is 75.9 Å². The van der Waals surface area contributed by atoms with E-state index in [1.807, 2.05) is 0 Å². The predicted molar refractivity (Wildman–Crippen MR) is 105 cm³/mol. The monoisotopic (exact) mass is 333 g/mol. The Morgan fingerprint density at radius 1 is 0.640 bits per heavy atom. The second kappa shape index (κ2) is 6.81. The van der Waals surface area contributed by atoms with E-state index >= 15 is 0 Å². The van der Waals surface area contributed by atoms with Crippen LogP contribution < -0.4 is 16.4 Å². The lowest BCUT2D eigenvalue weighted by molar-refractivity contribution is 1.17. The molecule has 4 N–H and O–H groups in total. The number of nitrogens with one attached hydrogen (secondary N) is 2. The molecule has 0 aliphatic heterocycles. The van der Waals surface area contributed by atoms with Gasteiger partial charge in [0.1, 0.15) is 12.0 Å². The average Bonchev–Trinajstić information content (AvgIpc) is 2.49. The maximum absolute atomic E-state index is 6.28. The van der Waals surface area contributed by atoms with Gasteiger partial charge >= 0.3 is 0 Å². The van der Waals surface area contributed by atoms with Gasteiger partial charge in [-0.1, -0.05) is 12.1 Å². The molecular weight excluding hydrogens is 310 g/mol.